The molecule has 0 amide bonds. The molecule has 1 heterocycles. The van der Waals surface area contributed by atoms with Gasteiger partial charge in [-0.05, 0) is 77.9 Å². The van der Waals surface area contributed by atoms with Crippen LogP contribution in [-0.4, -0.2) is 35.5 Å². The number of rotatable bonds is 7. The van der Waals surface area contributed by atoms with Crippen LogP contribution in [0.25, 0.3) is 33.4 Å². The van der Waals surface area contributed by atoms with Crippen LogP contribution in [0.2, 0.25) is 0 Å². The molecule has 0 radical (unpaired) electrons. The fourth-order valence-electron chi connectivity index (χ4n) is 5.21. The number of allylic oxidation sites excluding steroid dienone is 1. The normalized spacial score (nSPS) is 15.1. The topological polar surface area (TPSA) is 35.2 Å². The molecule has 0 bridgehead atoms. The quantitative estimate of drug-likeness (QED) is 0.345. The Morgan fingerprint density at radius 3 is 2.41 bits per heavy atom. The third kappa shape index (κ3) is 4.93. The zero-order chi connectivity index (χ0) is 26.1. The van der Waals surface area contributed by atoms with E-state index in [1.807, 2.05) is 19.0 Å². The number of benzene rings is 3. The molecule has 1 aliphatic rings. The second-order valence-electron chi connectivity index (χ2n) is 10.5. The Labute approximate surface area is 220 Å². The van der Waals surface area contributed by atoms with Crippen molar-refractivity contribution in [2.45, 2.75) is 40.7 Å². The highest BCUT2D eigenvalue weighted by Gasteiger charge is 2.15. The van der Waals surface area contributed by atoms with Crippen LogP contribution in [0.3, 0.4) is 0 Å². The number of hydrogen-bond acceptors (Lipinski definition) is 3. The van der Waals surface area contributed by atoms with Crippen LogP contribution >= 0.6 is 0 Å². The van der Waals surface area contributed by atoms with E-state index in [1.54, 1.807) is 0 Å². The third-order valence-corrected chi connectivity index (χ3v) is 7.62. The predicted molar refractivity (Wildman–Crippen MR) is 158 cm³/mol. The maximum absolute atomic E-state index is 4.68. The Morgan fingerprint density at radius 2 is 1.65 bits per heavy atom. The van der Waals surface area contributed by atoms with Crippen LogP contribution in [0, 0.1) is 12.8 Å². The molecule has 1 N–H and O–H groups in total. The number of fused-ring (bicyclic) bond motifs is 2. The average molecular weight is 491 g/mol. The number of H-pyrrole nitrogens is 1. The minimum absolute atomic E-state index is 0.428. The molecule has 190 valence electrons. The SMILES string of the molecule is CCCN(Cc1cc(-c2ccc3nc(N(C)C)[nH]c3c2)ccc1C)C1=c2ccccc2=C(C)C(C)C=C1. The van der Waals surface area contributed by atoms with Gasteiger partial charge < -0.3 is 14.8 Å². The van der Waals surface area contributed by atoms with Crippen molar-refractivity contribution in [1.29, 1.82) is 0 Å². The molecule has 37 heavy (non-hydrogen) atoms. The maximum Gasteiger partial charge on any atom is 0.203 e. The summed E-state index contributed by atoms with van der Waals surface area (Å²) in [4.78, 5) is 12.7. The molecule has 0 saturated carbocycles. The first kappa shape index (κ1) is 24.9. The van der Waals surface area contributed by atoms with Crippen LogP contribution in [0.15, 0.2) is 72.8 Å². The van der Waals surface area contributed by atoms with Crippen molar-refractivity contribution in [1.82, 2.24) is 14.9 Å². The summed E-state index contributed by atoms with van der Waals surface area (Å²) in [6, 6.07) is 22.3. The number of aryl methyl sites for hydroxylation is 1. The van der Waals surface area contributed by atoms with Gasteiger partial charge in [-0.25, -0.2) is 4.98 Å². The predicted octanol–water partition coefficient (Wildman–Crippen LogP) is 6.00. The van der Waals surface area contributed by atoms with Gasteiger partial charge in [0.25, 0.3) is 0 Å². The second kappa shape index (κ2) is 10.3. The van der Waals surface area contributed by atoms with Crippen molar-refractivity contribution in [2.24, 2.45) is 5.92 Å². The molecule has 1 unspecified atom stereocenters. The summed E-state index contributed by atoms with van der Waals surface area (Å²) in [5.41, 5.74) is 9.93. The molecule has 1 aromatic heterocycles. The fourth-order valence-corrected chi connectivity index (χ4v) is 5.21. The Hall–Kier alpha value is -3.79. The lowest BCUT2D eigenvalue weighted by Gasteiger charge is -2.27. The van der Waals surface area contributed by atoms with Gasteiger partial charge in [-0.15, -0.1) is 0 Å². The van der Waals surface area contributed by atoms with E-state index in [-0.39, 0.29) is 0 Å². The van der Waals surface area contributed by atoms with Crippen molar-refractivity contribution in [2.75, 3.05) is 25.5 Å². The van der Waals surface area contributed by atoms with Crippen molar-refractivity contribution in [3.8, 4) is 11.1 Å². The highest BCUT2D eigenvalue weighted by atomic mass is 15.2. The van der Waals surface area contributed by atoms with E-state index in [9.17, 15) is 0 Å². The lowest BCUT2D eigenvalue weighted by Crippen LogP contribution is -2.34. The van der Waals surface area contributed by atoms with E-state index in [0.29, 0.717) is 5.92 Å². The fraction of sp³-hybridized carbons (Fsp3) is 0.303. The molecular formula is C33H38N4. The first-order chi connectivity index (χ1) is 17.9. The van der Waals surface area contributed by atoms with Crippen LogP contribution in [0.4, 0.5) is 5.95 Å². The van der Waals surface area contributed by atoms with Gasteiger partial charge >= 0.3 is 0 Å². The van der Waals surface area contributed by atoms with Gasteiger partial charge in [0.1, 0.15) is 0 Å². The molecule has 4 nitrogen and oxygen atoms in total. The third-order valence-electron chi connectivity index (χ3n) is 7.62. The van der Waals surface area contributed by atoms with Crippen LogP contribution < -0.4 is 15.3 Å². The number of aromatic nitrogens is 2. The number of nitrogens with zero attached hydrogens (tertiary/aromatic N) is 3. The zero-order valence-corrected chi connectivity index (χ0v) is 23.0. The van der Waals surface area contributed by atoms with E-state index < -0.39 is 0 Å². The second-order valence-corrected chi connectivity index (χ2v) is 10.5. The number of aromatic amines is 1. The molecular weight excluding hydrogens is 452 g/mol. The summed E-state index contributed by atoms with van der Waals surface area (Å²) < 4.78 is 0. The van der Waals surface area contributed by atoms with Crippen molar-refractivity contribution in [3.05, 3.63) is 94.4 Å². The summed E-state index contributed by atoms with van der Waals surface area (Å²) in [6.07, 6.45) is 5.81. The monoisotopic (exact) mass is 490 g/mol. The molecule has 0 aliphatic heterocycles. The summed E-state index contributed by atoms with van der Waals surface area (Å²) in [5.74, 6) is 1.31. The van der Waals surface area contributed by atoms with Crippen LogP contribution in [0.5, 0.6) is 0 Å². The maximum atomic E-state index is 4.68. The molecule has 4 aromatic rings. The summed E-state index contributed by atoms with van der Waals surface area (Å²) in [7, 11) is 4.01. The summed E-state index contributed by atoms with van der Waals surface area (Å²) in [6.45, 7) is 11.0. The summed E-state index contributed by atoms with van der Waals surface area (Å²) in [5, 5.41) is 2.70. The molecule has 0 fully saturated rings. The van der Waals surface area contributed by atoms with E-state index in [2.05, 4.69) is 115 Å². The van der Waals surface area contributed by atoms with E-state index in [4.69, 9.17) is 0 Å². The van der Waals surface area contributed by atoms with Crippen molar-refractivity contribution < 1.29 is 0 Å². The number of anilines is 1. The molecule has 3 aromatic carbocycles. The molecule has 1 atom stereocenters. The molecule has 0 spiro atoms. The number of nitrogens with one attached hydrogen (secondary N) is 1. The van der Waals surface area contributed by atoms with E-state index in [0.717, 1.165) is 36.5 Å². The minimum atomic E-state index is 0.428. The van der Waals surface area contributed by atoms with Gasteiger partial charge in [-0.3, -0.25) is 0 Å². The van der Waals surface area contributed by atoms with E-state index in [1.165, 1.54) is 44.0 Å². The van der Waals surface area contributed by atoms with Gasteiger partial charge in [0.15, 0.2) is 0 Å². The summed E-state index contributed by atoms with van der Waals surface area (Å²) >= 11 is 0. The lowest BCUT2D eigenvalue weighted by molar-refractivity contribution is 0.389. The van der Waals surface area contributed by atoms with Crippen LogP contribution in [0.1, 0.15) is 38.3 Å². The largest absolute Gasteiger partial charge is 0.367 e. The van der Waals surface area contributed by atoms with Gasteiger partial charge in [0.2, 0.25) is 5.95 Å². The van der Waals surface area contributed by atoms with Gasteiger partial charge in [0, 0.05) is 38.1 Å². The zero-order valence-electron chi connectivity index (χ0n) is 23.0. The first-order valence-electron chi connectivity index (χ1n) is 13.4. The van der Waals surface area contributed by atoms with Crippen molar-refractivity contribution in [3.63, 3.8) is 0 Å². The highest BCUT2D eigenvalue weighted by Crippen LogP contribution is 2.28. The standard InChI is InChI=1S/C33H38N4/c1-7-18-37(32-17-13-22(2)24(4)28-10-8-9-11-29(28)32)21-27-19-25(14-12-23(27)3)26-15-16-30-31(20-26)35-33(34-30)36(5)6/h8-17,19-20,22H,7,18,21H2,1-6H3,(H,34,35). The molecule has 4 heteroatoms. The Bertz CT molecular complexity index is 1590. The number of hydrogen-bond donors (Lipinski definition) is 1. The highest BCUT2D eigenvalue weighted by molar-refractivity contribution is 5.83. The average Bonchev–Trinajstić information content (AvgIpc) is 3.29. The molecule has 5 rings (SSSR count). The van der Waals surface area contributed by atoms with Crippen molar-refractivity contribution >= 4 is 28.3 Å². The van der Waals surface area contributed by atoms with Gasteiger partial charge in [-0.2, -0.15) is 0 Å². The number of imidazole rings is 1. The van der Waals surface area contributed by atoms with Gasteiger partial charge in [0.05, 0.1) is 11.0 Å². The Balaban J connectivity index is 1.55. The molecule has 1 aliphatic carbocycles. The van der Waals surface area contributed by atoms with E-state index >= 15 is 0 Å². The lowest BCUT2D eigenvalue weighted by atomic mass is 9.98. The Morgan fingerprint density at radius 1 is 0.919 bits per heavy atom. The Kier molecular flexibility index (Phi) is 6.92. The van der Waals surface area contributed by atoms with Crippen LogP contribution in [-0.2, 0) is 6.54 Å². The minimum Gasteiger partial charge on any atom is -0.367 e. The smallest absolute Gasteiger partial charge is 0.203 e. The molecule has 0 saturated heterocycles. The van der Waals surface area contributed by atoms with Gasteiger partial charge in [-0.1, -0.05) is 68.0 Å². The first-order valence-corrected chi connectivity index (χ1v) is 13.4.